The van der Waals surface area contributed by atoms with Crippen LogP contribution in [0.3, 0.4) is 0 Å². The van der Waals surface area contributed by atoms with Crippen molar-refractivity contribution in [2.45, 2.75) is 4.90 Å². The molecule has 0 radical (unpaired) electrons. The number of methoxy groups -OCH3 is 1. The minimum Gasteiger partial charge on any atom is -0.497 e. The van der Waals surface area contributed by atoms with Crippen molar-refractivity contribution in [2.24, 2.45) is 0 Å². The van der Waals surface area contributed by atoms with E-state index < -0.39 is 9.84 Å². The zero-order valence-corrected chi connectivity index (χ0v) is 11.1. The van der Waals surface area contributed by atoms with Gasteiger partial charge in [0.05, 0.1) is 12.0 Å². The highest BCUT2D eigenvalue weighted by molar-refractivity contribution is 7.90. The van der Waals surface area contributed by atoms with Gasteiger partial charge < -0.3 is 4.74 Å². The zero-order chi connectivity index (χ0) is 13.2. The molecule has 0 saturated carbocycles. The first-order valence-electron chi connectivity index (χ1n) is 5.46. The van der Waals surface area contributed by atoms with E-state index in [-0.39, 0.29) is 0 Å². The maximum absolute atomic E-state index is 11.7. The summed E-state index contributed by atoms with van der Waals surface area (Å²) in [5.41, 5.74) is 1.57. The van der Waals surface area contributed by atoms with Crippen molar-refractivity contribution >= 4 is 9.84 Å². The van der Waals surface area contributed by atoms with Gasteiger partial charge in [0.2, 0.25) is 0 Å². The Morgan fingerprint density at radius 3 is 2.11 bits per heavy atom. The van der Waals surface area contributed by atoms with Gasteiger partial charge in [0.25, 0.3) is 0 Å². The average molecular weight is 262 g/mol. The highest BCUT2D eigenvalue weighted by Crippen LogP contribution is 2.28. The molecule has 0 N–H and O–H groups in total. The van der Waals surface area contributed by atoms with Crippen LogP contribution in [0.4, 0.5) is 0 Å². The maximum atomic E-state index is 11.7. The van der Waals surface area contributed by atoms with Gasteiger partial charge in [-0.1, -0.05) is 30.3 Å². The van der Waals surface area contributed by atoms with Crippen molar-refractivity contribution < 1.29 is 13.2 Å². The molecule has 94 valence electrons. The van der Waals surface area contributed by atoms with E-state index in [0.717, 1.165) is 11.3 Å². The normalized spacial score (nSPS) is 11.2. The summed E-state index contributed by atoms with van der Waals surface area (Å²) < 4.78 is 28.5. The lowest BCUT2D eigenvalue weighted by molar-refractivity contribution is 0.415. The van der Waals surface area contributed by atoms with Gasteiger partial charge in [-0.2, -0.15) is 0 Å². The number of sulfone groups is 1. The Hall–Kier alpha value is -1.81. The minimum absolute atomic E-state index is 0.343. The molecule has 2 rings (SSSR count). The summed E-state index contributed by atoms with van der Waals surface area (Å²) in [6.07, 6.45) is 1.22. The van der Waals surface area contributed by atoms with Gasteiger partial charge in [-0.15, -0.1) is 0 Å². The van der Waals surface area contributed by atoms with Crippen molar-refractivity contribution in [3.8, 4) is 16.9 Å². The third kappa shape index (κ3) is 2.54. The first-order chi connectivity index (χ1) is 8.52. The molecular weight excluding hydrogens is 248 g/mol. The van der Waals surface area contributed by atoms with Gasteiger partial charge in [-0.05, 0) is 23.8 Å². The summed E-state index contributed by atoms with van der Waals surface area (Å²) in [4.78, 5) is 0.343. The second-order valence-corrected chi connectivity index (χ2v) is 5.98. The Balaban J connectivity index is 2.57. The second kappa shape index (κ2) is 4.82. The molecule has 0 amide bonds. The van der Waals surface area contributed by atoms with Gasteiger partial charge >= 0.3 is 0 Å². The predicted octanol–water partition coefficient (Wildman–Crippen LogP) is 2.77. The molecule has 0 aliphatic rings. The molecule has 0 aromatic heterocycles. The second-order valence-electron chi connectivity index (χ2n) is 4.00. The highest BCUT2D eigenvalue weighted by Gasteiger charge is 2.13. The third-order valence-corrected chi connectivity index (χ3v) is 3.84. The van der Waals surface area contributed by atoms with Crippen LogP contribution in [-0.4, -0.2) is 21.8 Å². The van der Waals surface area contributed by atoms with Gasteiger partial charge in [-0.3, -0.25) is 0 Å². The molecule has 0 unspecified atom stereocenters. The SMILES string of the molecule is COc1ccc(-c2ccccc2S(C)(=O)=O)cc1. The van der Waals surface area contributed by atoms with Crippen LogP contribution in [0.5, 0.6) is 5.75 Å². The number of benzene rings is 2. The lowest BCUT2D eigenvalue weighted by Crippen LogP contribution is -1.99. The summed E-state index contributed by atoms with van der Waals surface area (Å²) in [7, 11) is -1.63. The molecule has 0 heterocycles. The zero-order valence-electron chi connectivity index (χ0n) is 10.3. The van der Waals surface area contributed by atoms with Crippen molar-refractivity contribution in [1.82, 2.24) is 0 Å². The molecule has 0 fully saturated rings. The van der Waals surface area contributed by atoms with Crippen LogP contribution in [0, 0.1) is 0 Å². The van der Waals surface area contributed by atoms with Crippen LogP contribution in [0.15, 0.2) is 53.4 Å². The Kier molecular flexibility index (Phi) is 3.39. The highest BCUT2D eigenvalue weighted by atomic mass is 32.2. The van der Waals surface area contributed by atoms with Crippen LogP contribution in [0.25, 0.3) is 11.1 Å². The van der Waals surface area contributed by atoms with Crippen molar-refractivity contribution in [3.05, 3.63) is 48.5 Å². The van der Waals surface area contributed by atoms with Crippen LogP contribution >= 0.6 is 0 Å². The van der Waals surface area contributed by atoms with Crippen molar-refractivity contribution in [3.63, 3.8) is 0 Å². The van der Waals surface area contributed by atoms with E-state index in [0.29, 0.717) is 10.5 Å². The molecule has 2 aromatic carbocycles. The molecule has 0 atom stereocenters. The van der Waals surface area contributed by atoms with E-state index in [4.69, 9.17) is 4.74 Å². The Morgan fingerprint density at radius 2 is 1.56 bits per heavy atom. The Bertz CT molecular complexity index is 643. The topological polar surface area (TPSA) is 43.4 Å². The number of rotatable bonds is 3. The van der Waals surface area contributed by atoms with Crippen LogP contribution < -0.4 is 4.74 Å². The fourth-order valence-electron chi connectivity index (χ4n) is 1.80. The van der Waals surface area contributed by atoms with Crippen LogP contribution in [-0.2, 0) is 9.84 Å². The number of hydrogen-bond acceptors (Lipinski definition) is 3. The first kappa shape index (κ1) is 12.6. The lowest BCUT2D eigenvalue weighted by Gasteiger charge is -2.08. The number of hydrogen-bond donors (Lipinski definition) is 0. The number of ether oxygens (including phenoxy) is 1. The monoisotopic (exact) mass is 262 g/mol. The quantitative estimate of drug-likeness (QED) is 0.854. The summed E-state index contributed by atoms with van der Waals surface area (Å²) in [5, 5.41) is 0. The minimum atomic E-state index is -3.23. The van der Waals surface area contributed by atoms with Gasteiger partial charge in [-0.25, -0.2) is 8.42 Å². The van der Waals surface area contributed by atoms with E-state index >= 15 is 0 Å². The van der Waals surface area contributed by atoms with Crippen LogP contribution in [0.1, 0.15) is 0 Å². The van der Waals surface area contributed by atoms with Gasteiger partial charge in [0, 0.05) is 11.8 Å². The summed E-state index contributed by atoms with van der Waals surface area (Å²) >= 11 is 0. The predicted molar refractivity (Wildman–Crippen MR) is 71.5 cm³/mol. The Morgan fingerprint density at radius 1 is 0.944 bits per heavy atom. The molecule has 0 aliphatic heterocycles. The first-order valence-corrected chi connectivity index (χ1v) is 7.35. The molecule has 2 aromatic rings. The largest absolute Gasteiger partial charge is 0.497 e. The molecule has 4 heteroatoms. The summed E-state index contributed by atoms with van der Waals surface area (Å²) in [6.45, 7) is 0. The molecular formula is C14H14O3S. The fraction of sp³-hybridized carbons (Fsp3) is 0.143. The molecule has 0 spiro atoms. The summed E-state index contributed by atoms with van der Waals surface area (Å²) in [5.74, 6) is 0.746. The lowest BCUT2D eigenvalue weighted by atomic mass is 10.1. The standard InChI is InChI=1S/C14H14O3S/c1-17-12-9-7-11(8-10-12)13-5-3-4-6-14(13)18(2,15)16/h3-10H,1-2H3. The molecule has 3 nitrogen and oxygen atoms in total. The average Bonchev–Trinajstić information content (AvgIpc) is 2.38. The molecule has 0 bridgehead atoms. The van der Waals surface area contributed by atoms with E-state index in [2.05, 4.69) is 0 Å². The summed E-state index contributed by atoms with van der Waals surface area (Å²) in [6, 6.07) is 14.3. The van der Waals surface area contributed by atoms with E-state index in [1.54, 1.807) is 25.3 Å². The smallest absolute Gasteiger partial charge is 0.176 e. The van der Waals surface area contributed by atoms with E-state index in [9.17, 15) is 8.42 Å². The van der Waals surface area contributed by atoms with Crippen LogP contribution in [0.2, 0.25) is 0 Å². The maximum Gasteiger partial charge on any atom is 0.176 e. The molecule has 0 saturated heterocycles. The third-order valence-electron chi connectivity index (χ3n) is 2.69. The van der Waals surface area contributed by atoms with E-state index in [1.807, 2.05) is 30.3 Å². The fourth-order valence-corrected chi connectivity index (χ4v) is 2.71. The van der Waals surface area contributed by atoms with Gasteiger partial charge in [0.1, 0.15) is 5.75 Å². The Labute approximate surface area is 107 Å². The molecule has 18 heavy (non-hydrogen) atoms. The van der Waals surface area contributed by atoms with Gasteiger partial charge in [0.15, 0.2) is 9.84 Å². The molecule has 0 aliphatic carbocycles. The van der Waals surface area contributed by atoms with E-state index in [1.165, 1.54) is 6.26 Å². The van der Waals surface area contributed by atoms with Crippen molar-refractivity contribution in [2.75, 3.05) is 13.4 Å². The van der Waals surface area contributed by atoms with Crippen molar-refractivity contribution in [1.29, 1.82) is 0 Å².